The fourth-order valence-corrected chi connectivity index (χ4v) is 2.94. The summed E-state index contributed by atoms with van der Waals surface area (Å²) in [5.74, 6) is -0.883. The van der Waals surface area contributed by atoms with E-state index in [0.717, 1.165) is 5.56 Å². The van der Waals surface area contributed by atoms with E-state index in [1.807, 2.05) is 30.3 Å². The molecule has 130 valence electrons. The maximum atomic E-state index is 13.0. The molecular weight excluding hydrogens is 321 g/mol. The highest BCUT2D eigenvalue weighted by atomic mass is 19.1. The van der Waals surface area contributed by atoms with Crippen LogP contribution in [-0.2, 0) is 16.1 Å². The number of esters is 1. The summed E-state index contributed by atoms with van der Waals surface area (Å²) in [5.41, 5.74) is 1.42. The summed E-state index contributed by atoms with van der Waals surface area (Å²) in [7, 11) is 0. The van der Waals surface area contributed by atoms with Crippen molar-refractivity contribution in [3.63, 3.8) is 0 Å². The van der Waals surface area contributed by atoms with Gasteiger partial charge < -0.3 is 9.64 Å². The van der Waals surface area contributed by atoms with Crippen LogP contribution in [0.5, 0.6) is 0 Å². The number of amides is 1. The van der Waals surface area contributed by atoms with Crippen LogP contribution in [0.2, 0.25) is 0 Å². The van der Waals surface area contributed by atoms with E-state index in [1.165, 1.54) is 24.3 Å². The molecule has 0 radical (unpaired) electrons. The van der Waals surface area contributed by atoms with Crippen LogP contribution in [0.3, 0.4) is 0 Å². The molecule has 0 atom stereocenters. The van der Waals surface area contributed by atoms with E-state index >= 15 is 0 Å². The van der Waals surface area contributed by atoms with Crippen molar-refractivity contribution in [2.75, 3.05) is 13.1 Å². The maximum Gasteiger partial charge on any atom is 0.309 e. The predicted octanol–water partition coefficient (Wildman–Crippen LogP) is 3.42. The van der Waals surface area contributed by atoms with Crippen molar-refractivity contribution in [2.24, 2.45) is 5.92 Å². The minimum atomic E-state index is -0.364. The first kappa shape index (κ1) is 17.1. The molecule has 1 aliphatic rings. The second-order valence-electron chi connectivity index (χ2n) is 6.17. The quantitative estimate of drug-likeness (QED) is 0.801. The number of halogens is 1. The Hall–Kier alpha value is -2.69. The van der Waals surface area contributed by atoms with Gasteiger partial charge in [-0.15, -0.1) is 0 Å². The van der Waals surface area contributed by atoms with Gasteiger partial charge in [-0.2, -0.15) is 0 Å². The van der Waals surface area contributed by atoms with Crippen LogP contribution >= 0.6 is 0 Å². The number of carbonyl (C=O) groups is 2. The first-order valence-corrected chi connectivity index (χ1v) is 8.39. The molecule has 1 amide bonds. The average molecular weight is 341 g/mol. The van der Waals surface area contributed by atoms with Crippen molar-refractivity contribution in [1.29, 1.82) is 0 Å². The Labute approximate surface area is 146 Å². The zero-order valence-corrected chi connectivity index (χ0v) is 13.9. The topological polar surface area (TPSA) is 46.6 Å². The largest absolute Gasteiger partial charge is 0.461 e. The third-order valence-electron chi connectivity index (χ3n) is 4.43. The summed E-state index contributed by atoms with van der Waals surface area (Å²) in [6.07, 6.45) is 1.17. The van der Waals surface area contributed by atoms with E-state index in [9.17, 15) is 14.0 Å². The molecule has 1 fully saturated rings. The number of likely N-dealkylation sites (tertiary alicyclic amines) is 1. The summed E-state index contributed by atoms with van der Waals surface area (Å²) in [4.78, 5) is 26.3. The molecule has 2 aromatic rings. The summed E-state index contributed by atoms with van der Waals surface area (Å²) in [5, 5.41) is 0. The van der Waals surface area contributed by atoms with E-state index < -0.39 is 0 Å². The Balaban J connectivity index is 1.48. The standard InChI is InChI=1S/C20H20FNO3/c21-18-8-6-16(7-9-18)19(23)22-12-10-17(11-13-22)20(24)25-14-15-4-2-1-3-5-15/h1-9,17H,10-14H2. The molecular formula is C20H20FNO3. The van der Waals surface area contributed by atoms with Crippen molar-refractivity contribution in [2.45, 2.75) is 19.4 Å². The molecule has 0 aliphatic carbocycles. The van der Waals surface area contributed by atoms with Crippen molar-refractivity contribution in [3.8, 4) is 0 Å². The van der Waals surface area contributed by atoms with Gasteiger partial charge in [0, 0.05) is 18.7 Å². The normalized spacial score (nSPS) is 15.0. The first-order chi connectivity index (χ1) is 12.1. The van der Waals surface area contributed by atoms with Crippen molar-refractivity contribution in [1.82, 2.24) is 4.90 Å². The van der Waals surface area contributed by atoms with Gasteiger partial charge in [0.2, 0.25) is 0 Å². The molecule has 4 nitrogen and oxygen atoms in total. The predicted molar refractivity (Wildman–Crippen MR) is 91.3 cm³/mol. The minimum Gasteiger partial charge on any atom is -0.461 e. The Bertz CT molecular complexity index is 722. The van der Waals surface area contributed by atoms with Crippen LogP contribution in [0.4, 0.5) is 4.39 Å². The number of piperidine rings is 1. The summed E-state index contributed by atoms with van der Waals surface area (Å²) in [6, 6.07) is 15.1. The highest BCUT2D eigenvalue weighted by Crippen LogP contribution is 2.21. The van der Waals surface area contributed by atoms with Crippen LogP contribution < -0.4 is 0 Å². The van der Waals surface area contributed by atoms with Crippen LogP contribution in [0.25, 0.3) is 0 Å². The van der Waals surface area contributed by atoms with E-state index in [4.69, 9.17) is 4.74 Å². The molecule has 3 rings (SSSR count). The van der Waals surface area contributed by atoms with Gasteiger partial charge in [0.15, 0.2) is 0 Å². The minimum absolute atomic E-state index is 0.129. The van der Waals surface area contributed by atoms with Crippen LogP contribution in [0, 0.1) is 11.7 Å². The Morgan fingerprint density at radius 2 is 1.64 bits per heavy atom. The molecule has 25 heavy (non-hydrogen) atoms. The lowest BCUT2D eigenvalue weighted by atomic mass is 9.96. The lowest BCUT2D eigenvalue weighted by molar-refractivity contribution is -0.151. The van der Waals surface area contributed by atoms with Gasteiger partial charge in [0.25, 0.3) is 5.91 Å². The van der Waals surface area contributed by atoms with E-state index in [2.05, 4.69) is 0 Å². The molecule has 0 unspecified atom stereocenters. The van der Waals surface area contributed by atoms with Gasteiger partial charge in [-0.25, -0.2) is 4.39 Å². The number of hydrogen-bond acceptors (Lipinski definition) is 3. The number of nitrogens with zero attached hydrogens (tertiary/aromatic N) is 1. The smallest absolute Gasteiger partial charge is 0.309 e. The van der Waals surface area contributed by atoms with Gasteiger partial charge >= 0.3 is 5.97 Å². The molecule has 1 heterocycles. The van der Waals surface area contributed by atoms with Gasteiger partial charge in [0.1, 0.15) is 12.4 Å². The van der Waals surface area contributed by atoms with Gasteiger partial charge in [-0.3, -0.25) is 9.59 Å². The second kappa shape index (κ2) is 7.92. The van der Waals surface area contributed by atoms with Crippen LogP contribution in [0.1, 0.15) is 28.8 Å². The monoisotopic (exact) mass is 341 g/mol. The van der Waals surface area contributed by atoms with E-state index in [-0.39, 0.29) is 30.2 Å². The lowest BCUT2D eigenvalue weighted by Gasteiger charge is -2.31. The lowest BCUT2D eigenvalue weighted by Crippen LogP contribution is -2.40. The number of benzene rings is 2. The molecule has 1 aliphatic heterocycles. The Morgan fingerprint density at radius 3 is 2.28 bits per heavy atom. The second-order valence-corrected chi connectivity index (χ2v) is 6.17. The third-order valence-corrected chi connectivity index (χ3v) is 4.43. The molecule has 0 aromatic heterocycles. The number of ether oxygens (including phenoxy) is 1. The van der Waals surface area contributed by atoms with Gasteiger partial charge in [0.05, 0.1) is 5.92 Å². The molecule has 1 saturated heterocycles. The van der Waals surface area contributed by atoms with Crippen molar-refractivity contribution >= 4 is 11.9 Å². The van der Waals surface area contributed by atoms with Crippen LogP contribution in [-0.4, -0.2) is 29.9 Å². The SMILES string of the molecule is O=C(OCc1ccccc1)C1CCN(C(=O)c2ccc(F)cc2)CC1. The summed E-state index contributed by atoms with van der Waals surface area (Å²) in [6.45, 7) is 1.27. The maximum absolute atomic E-state index is 13.0. The van der Waals surface area contributed by atoms with E-state index in [0.29, 0.717) is 31.5 Å². The molecule has 0 N–H and O–H groups in total. The average Bonchev–Trinajstić information content (AvgIpc) is 2.67. The summed E-state index contributed by atoms with van der Waals surface area (Å²) >= 11 is 0. The highest BCUT2D eigenvalue weighted by molar-refractivity contribution is 5.94. The number of rotatable bonds is 4. The zero-order chi connectivity index (χ0) is 17.6. The fourth-order valence-electron chi connectivity index (χ4n) is 2.94. The first-order valence-electron chi connectivity index (χ1n) is 8.39. The molecule has 0 bridgehead atoms. The number of hydrogen-bond donors (Lipinski definition) is 0. The van der Waals surface area contributed by atoms with Crippen LogP contribution in [0.15, 0.2) is 54.6 Å². The fraction of sp³-hybridized carbons (Fsp3) is 0.300. The molecule has 0 saturated carbocycles. The van der Waals surface area contributed by atoms with Crippen molar-refractivity contribution in [3.05, 3.63) is 71.5 Å². The Morgan fingerprint density at radius 1 is 1.00 bits per heavy atom. The molecule has 5 heteroatoms. The third kappa shape index (κ3) is 4.44. The van der Waals surface area contributed by atoms with Gasteiger partial charge in [-0.05, 0) is 42.7 Å². The summed E-state index contributed by atoms with van der Waals surface area (Å²) < 4.78 is 18.3. The Kier molecular flexibility index (Phi) is 5.43. The van der Waals surface area contributed by atoms with Gasteiger partial charge in [-0.1, -0.05) is 30.3 Å². The number of carbonyl (C=O) groups excluding carboxylic acids is 2. The van der Waals surface area contributed by atoms with Crippen molar-refractivity contribution < 1.29 is 18.7 Å². The highest BCUT2D eigenvalue weighted by Gasteiger charge is 2.28. The molecule has 0 spiro atoms. The van der Waals surface area contributed by atoms with E-state index in [1.54, 1.807) is 4.90 Å². The zero-order valence-electron chi connectivity index (χ0n) is 13.9. The molecule has 2 aromatic carbocycles.